The van der Waals surface area contributed by atoms with Gasteiger partial charge in [0, 0.05) is 17.8 Å². The molecule has 19 heavy (non-hydrogen) atoms. The molecule has 0 aliphatic rings. The highest BCUT2D eigenvalue weighted by molar-refractivity contribution is 5.63. The molecular weight excluding hydrogens is 243 g/mol. The van der Waals surface area contributed by atoms with Gasteiger partial charge >= 0.3 is 0 Å². The minimum absolute atomic E-state index is 0.314. The van der Waals surface area contributed by atoms with Crippen molar-refractivity contribution in [3.8, 4) is 17.5 Å². The fraction of sp³-hybridized carbons (Fsp3) is 0.0714. The first-order chi connectivity index (χ1) is 9.19. The molecule has 3 rings (SSSR count). The van der Waals surface area contributed by atoms with Crippen LogP contribution in [-0.4, -0.2) is 14.6 Å². The Kier molecular flexibility index (Phi) is 2.50. The second-order valence-corrected chi connectivity index (χ2v) is 4.24. The Balaban J connectivity index is 2.26. The number of hydrogen-bond acceptors (Lipinski definition) is 3. The van der Waals surface area contributed by atoms with Gasteiger partial charge in [-0.05, 0) is 30.7 Å². The summed E-state index contributed by atoms with van der Waals surface area (Å²) in [6, 6.07) is 9.92. The maximum absolute atomic E-state index is 13.4. The summed E-state index contributed by atoms with van der Waals surface area (Å²) in [4.78, 5) is 0. The minimum Gasteiger partial charge on any atom is -0.282 e. The van der Waals surface area contributed by atoms with E-state index in [9.17, 15) is 4.39 Å². The summed E-state index contributed by atoms with van der Waals surface area (Å²) >= 11 is 0. The molecule has 5 heteroatoms. The van der Waals surface area contributed by atoms with Crippen molar-refractivity contribution in [2.75, 3.05) is 0 Å². The zero-order valence-corrected chi connectivity index (χ0v) is 10.1. The molecule has 2 aromatic heterocycles. The van der Waals surface area contributed by atoms with Crippen LogP contribution in [0.5, 0.6) is 0 Å². The molecule has 0 radical (unpaired) electrons. The number of nitrogens with zero attached hydrogens (tertiary/aromatic N) is 4. The van der Waals surface area contributed by atoms with Gasteiger partial charge in [0.05, 0.1) is 11.6 Å². The van der Waals surface area contributed by atoms with E-state index in [1.165, 1.54) is 12.1 Å². The van der Waals surface area contributed by atoms with Crippen molar-refractivity contribution in [1.82, 2.24) is 14.6 Å². The van der Waals surface area contributed by atoms with Gasteiger partial charge < -0.3 is 0 Å². The molecular formula is C14H9FN4. The van der Waals surface area contributed by atoms with Crippen molar-refractivity contribution in [1.29, 1.82) is 5.26 Å². The van der Waals surface area contributed by atoms with Gasteiger partial charge in [0.15, 0.2) is 11.5 Å². The summed E-state index contributed by atoms with van der Waals surface area (Å²) in [5, 5.41) is 16.9. The third-order valence-corrected chi connectivity index (χ3v) is 2.98. The van der Waals surface area contributed by atoms with Gasteiger partial charge in [-0.15, -0.1) is 10.2 Å². The van der Waals surface area contributed by atoms with E-state index in [0.29, 0.717) is 22.6 Å². The second kappa shape index (κ2) is 4.18. The van der Waals surface area contributed by atoms with Crippen LogP contribution in [0.4, 0.5) is 4.39 Å². The van der Waals surface area contributed by atoms with Crippen molar-refractivity contribution in [2.24, 2.45) is 0 Å². The van der Waals surface area contributed by atoms with Gasteiger partial charge in [0.2, 0.25) is 0 Å². The van der Waals surface area contributed by atoms with Crippen LogP contribution in [0.2, 0.25) is 0 Å². The molecule has 0 aliphatic carbocycles. The molecule has 3 aromatic rings. The van der Waals surface area contributed by atoms with E-state index in [-0.39, 0.29) is 5.82 Å². The van der Waals surface area contributed by atoms with Crippen LogP contribution in [0.3, 0.4) is 0 Å². The monoisotopic (exact) mass is 252 g/mol. The highest BCUT2D eigenvalue weighted by atomic mass is 19.1. The minimum atomic E-state index is -0.314. The Morgan fingerprint density at radius 2 is 2.05 bits per heavy atom. The van der Waals surface area contributed by atoms with E-state index in [1.54, 1.807) is 28.8 Å². The molecule has 0 fully saturated rings. The van der Waals surface area contributed by atoms with Crippen LogP contribution in [0, 0.1) is 24.1 Å². The maximum Gasteiger partial charge on any atom is 0.168 e. The molecule has 0 N–H and O–H groups in total. The molecule has 2 heterocycles. The lowest BCUT2D eigenvalue weighted by atomic mass is 10.1. The van der Waals surface area contributed by atoms with Crippen LogP contribution in [0.15, 0.2) is 36.5 Å². The average molecular weight is 252 g/mol. The fourth-order valence-electron chi connectivity index (χ4n) is 1.98. The zero-order chi connectivity index (χ0) is 13.4. The Bertz CT molecular complexity index is 814. The number of pyridine rings is 1. The second-order valence-electron chi connectivity index (χ2n) is 4.24. The Morgan fingerprint density at radius 3 is 2.84 bits per heavy atom. The first-order valence-electron chi connectivity index (χ1n) is 5.70. The molecule has 0 saturated heterocycles. The molecule has 0 saturated carbocycles. The van der Waals surface area contributed by atoms with Crippen LogP contribution >= 0.6 is 0 Å². The van der Waals surface area contributed by atoms with E-state index in [0.717, 1.165) is 5.56 Å². The summed E-state index contributed by atoms with van der Waals surface area (Å²) in [6.07, 6.45) is 1.72. The highest BCUT2D eigenvalue weighted by Gasteiger charge is 2.11. The first kappa shape index (κ1) is 11.4. The molecule has 4 nitrogen and oxygen atoms in total. The van der Waals surface area contributed by atoms with Crippen molar-refractivity contribution in [2.45, 2.75) is 6.92 Å². The van der Waals surface area contributed by atoms with E-state index < -0.39 is 0 Å². The number of aromatic nitrogens is 3. The fourth-order valence-corrected chi connectivity index (χ4v) is 1.98. The molecule has 0 bridgehead atoms. The predicted octanol–water partition coefficient (Wildman–Crippen LogP) is 2.72. The molecule has 0 unspecified atom stereocenters. The third kappa shape index (κ3) is 1.83. The van der Waals surface area contributed by atoms with Gasteiger partial charge in [0.1, 0.15) is 5.82 Å². The molecule has 0 aliphatic heterocycles. The number of benzene rings is 1. The van der Waals surface area contributed by atoms with E-state index in [1.807, 2.05) is 13.0 Å². The quantitative estimate of drug-likeness (QED) is 0.669. The zero-order valence-electron chi connectivity index (χ0n) is 10.1. The van der Waals surface area contributed by atoms with Gasteiger partial charge in [-0.1, -0.05) is 6.07 Å². The Hall–Kier alpha value is -2.74. The average Bonchev–Trinajstić information content (AvgIpc) is 2.84. The predicted molar refractivity (Wildman–Crippen MR) is 67.8 cm³/mol. The number of fused-ring (bicyclic) bond motifs is 1. The lowest BCUT2D eigenvalue weighted by Crippen LogP contribution is -1.93. The van der Waals surface area contributed by atoms with Gasteiger partial charge in [-0.25, -0.2) is 4.39 Å². The highest BCUT2D eigenvalue weighted by Crippen LogP contribution is 2.23. The topological polar surface area (TPSA) is 54.0 Å². The Labute approximate surface area is 108 Å². The standard InChI is InChI=1S/C14H9FN4/c1-9-2-3-11(15)7-12(9)14-18-17-13-6-10(8-16)4-5-19(13)14/h2-7H,1H3. The summed E-state index contributed by atoms with van der Waals surface area (Å²) in [5.74, 6) is 0.252. The van der Waals surface area contributed by atoms with E-state index >= 15 is 0 Å². The van der Waals surface area contributed by atoms with Crippen LogP contribution in [-0.2, 0) is 0 Å². The van der Waals surface area contributed by atoms with Crippen molar-refractivity contribution < 1.29 is 4.39 Å². The van der Waals surface area contributed by atoms with Crippen molar-refractivity contribution in [3.05, 3.63) is 53.5 Å². The number of aryl methyl sites for hydroxylation is 1. The van der Waals surface area contributed by atoms with Gasteiger partial charge in [-0.3, -0.25) is 4.40 Å². The molecule has 92 valence electrons. The molecule has 0 amide bonds. The SMILES string of the molecule is Cc1ccc(F)cc1-c1nnc2cc(C#N)ccn12. The van der Waals surface area contributed by atoms with E-state index in [4.69, 9.17) is 5.26 Å². The van der Waals surface area contributed by atoms with Crippen LogP contribution in [0.1, 0.15) is 11.1 Å². The lowest BCUT2D eigenvalue weighted by molar-refractivity contribution is 0.627. The normalized spacial score (nSPS) is 10.6. The van der Waals surface area contributed by atoms with Crippen molar-refractivity contribution >= 4 is 5.65 Å². The number of hydrogen-bond donors (Lipinski definition) is 0. The summed E-state index contributed by atoms with van der Waals surface area (Å²) < 4.78 is 15.1. The summed E-state index contributed by atoms with van der Waals surface area (Å²) in [5.41, 5.74) is 2.69. The number of rotatable bonds is 1. The maximum atomic E-state index is 13.4. The smallest absolute Gasteiger partial charge is 0.168 e. The van der Waals surface area contributed by atoms with Gasteiger partial charge in [-0.2, -0.15) is 5.26 Å². The largest absolute Gasteiger partial charge is 0.282 e. The van der Waals surface area contributed by atoms with Gasteiger partial charge in [0.25, 0.3) is 0 Å². The third-order valence-electron chi connectivity index (χ3n) is 2.98. The summed E-state index contributed by atoms with van der Waals surface area (Å²) in [6.45, 7) is 1.89. The Morgan fingerprint density at radius 1 is 1.21 bits per heavy atom. The van der Waals surface area contributed by atoms with E-state index in [2.05, 4.69) is 10.2 Å². The summed E-state index contributed by atoms with van der Waals surface area (Å²) in [7, 11) is 0. The first-order valence-corrected chi connectivity index (χ1v) is 5.70. The van der Waals surface area contributed by atoms with Crippen LogP contribution in [0.25, 0.3) is 17.0 Å². The van der Waals surface area contributed by atoms with Crippen molar-refractivity contribution in [3.63, 3.8) is 0 Å². The number of halogens is 1. The lowest BCUT2D eigenvalue weighted by Gasteiger charge is -2.04. The molecule has 0 spiro atoms. The van der Waals surface area contributed by atoms with Crippen LogP contribution < -0.4 is 0 Å². The molecule has 0 atom stereocenters. The molecule has 1 aromatic carbocycles. The number of nitriles is 1.